The number of halogens is 1. The van der Waals surface area contributed by atoms with E-state index in [0.29, 0.717) is 42.3 Å². The molecule has 0 bridgehead atoms. The van der Waals surface area contributed by atoms with E-state index in [1.807, 2.05) is 0 Å². The van der Waals surface area contributed by atoms with Crippen LogP contribution in [-0.2, 0) is 9.53 Å². The first-order valence-electron chi connectivity index (χ1n) is 7.48. The molecule has 8 nitrogen and oxygen atoms in total. The van der Waals surface area contributed by atoms with Crippen molar-refractivity contribution >= 4 is 23.5 Å². The molecule has 3 rings (SSSR count). The fraction of sp³-hybridized carbons (Fsp3) is 0.400. The van der Waals surface area contributed by atoms with Crippen molar-refractivity contribution in [2.75, 3.05) is 20.2 Å². The number of ether oxygens (including phenoxy) is 1. The van der Waals surface area contributed by atoms with Crippen LogP contribution in [0.3, 0.4) is 0 Å². The van der Waals surface area contributed by atoms with Gasteiger partial charge in [-0.1, -0.05) is 11.6 Å². The molecule has 1 aliphatic rings. The summed E-state index contributed by atoms with van der Waals surface area (Å²) in [5.74, 6) is -0.0485. The quantitative estimate of drug-likeness (QED) is 0.777. The molecule has 0 saturated carbocycles. The molecule has 0 atom stereocenters. The van der Waals surface area contributed by atoms with E-state index in [2.05, 4.69) is 15.2 Å². The molecular formula is C15H16ClN5O3. The van der Waals surface area contributed by atoms with E-state index in [0.717, 1.165) is 0 Å². The summed E-state index contributed by atoms with van der Waals surface area (Å²) in [5.41, 5.74) is 0.411. The zero-order chi connectivity index (χ0) is 17.1. The van der Waals surface area contributed by atoms with E-state index < -0.39 is 0 Å². The molecule has 0 aliphatic carbocycles. The summed E-state index contributed by atoms with van der Waals surface area (Å²) in [6, 6.07) is 1.58. The highest BCUT2D eigenvalue weighted by Gasteiger charge is 2.28. The number of esters is 1. The summed E-state index contributed by atoms with van der Waals surface area (Å²) in [4.78, 5) is 30.0. The number of amides is 1. The van der Waals surface area contributed by atoms with Crippen LogP contribution in [0.4, 0.5) is 0 Å². The Balaban J connectivity index is 1.70. The fourth-order valence-electron chi connectivity index (χ4n) is 2.72. The van der Waals surface area contributed by atoms with Crippen molar-refractivity contribution in [3.05, 3.63) is 35.5 Å². The molecule has 3 heterocycles. The molecule has 2 aromatic rings. The monoisotopic (exact) mass is 349 g/mol. The molecule has 0 aromatic carbocycles. The standard InChI is InChI=1S/C15H16ClN5O3/c1-24-15(23)10-2-4-20(5-3-10)14(22)11-6-12(16)13(17-7-11)21-8-18-19-9-21/h6-10H,2-5H2,1H3. The van der Waals surface area contributed by atoms with Crippen LogP contribution in [0.25, 0.3) is 5.82 Å². The molecule has 24 heavy (non-hydrogen) atoms. The van der Waals surface area contributed by atoms with E-state index in [4.69, 9.17) is 16.3 Å². The van der Waals surface area contributed by atoms with Gasteiger partial charge in [0.15, 0.2) is 5.82 Å². The van der Waals surface area contributed by atoms with Crippen LogP contribution in [-0.4, -0.2) is 56.7 Å². The van der Waals surface area contributed by atoms with Gasteiger partial charge in [0.25, 0.3) is 5.91 Å². The minimum Gasteiger partial charge on any atom is -0.469 e. The van der Waals surface area contributed by atoms with Crippen LogP contribution in [0.1, 0.15) is 23.2 Å². The number of pyridine rings is 1. The third-order valence-electron chi connectivity index (χ3n) is 4.05. The van der Waals surface area contributed by atoms with Crippen molar-refractivity contribution in [3.8, 4) is 5.82 Å². The zero-order valence-electron chi connectivity index (χ0n) is 13.1. The van der Waals surface area contributed by atoms with Crippen LogP contribution >= 0.6 is 11.6 Å². The maximum atomic E-state index is 12.6. The maximum Gasteiger partial charge on any atom is 0.308 e. The van der Waals surface area contributed by atoms with Gasteiger partial charge in [-0.3, -0.25) is 14.2 Å². The molecule has 2 aromatic heterocycles. The lowest BCUT2D eigenvalue weighted by atomic mass is 9.96. The molecule has 0 unspecified atom stereocenters. The Morgan fingerprint density at radius 3 is 2.50 bits per heavy atom. The molecule has 1 amide bonds. The summed E-state index contributed by atoms with van der Waals surface area (Å²) >= 11 is 6.22. The van der Waals surface area contributed by atoms with Gasteiger partial charge in [-0.15, -0.1) is 10.2 Å². The smallest absolute Gasteiger partial charge is 0.308 e. The molecule has 0 N–H and O–H groups in total. The normalized spacial score (nSPS) is 15.3. The minimum absolute atomic E-state index is 0.142. The Bertz CT molecular complexity index is 742. The van der Waals surface area contributed by atoms with Crippen molar-refractivity contribution < 1.29 is 14.3 Å². The van der Waals surface area contributed by atoms with Crippen LogP contribution < -0.4 is 0 Å². The number of nitrogens with zero attached hydrogens (tertiary/aromatic N) is 5. The van der Waals surface area contributed by atoms with Crippen molar-refractivity contribution in [1.82, 2.24) is 24.6 Å². The van der Waals surface area contributed by atoms with Gasteiger partial charge in [-0.2, -0.15) is 0 Å². The van der Waals surface area contributed by atoms with E-state index in [1.54, 1.807) is 15.5 Å². The first kappa shape index (κ1) is 16.4. The second-order valence-electron chi connectivity index (χ2n) is 5.49. The number of piperidine rings is 1. The maximum absolute atomic E-state index is 12.6. The Morgan fingerprint density at radius 1 is 1.25 bits per heavy atom. The largest absolute Gasteiger partial charge is 0.469 e. The summed E-state index contributed by atoms with van der Waals surface area (Å²) in [6.07, 6.45) is 5.63. The van der Waals surface area contributed by atoms with Crippen molar-refractivity contribution in [1.29, 1.82) is 0 Å². The molecule has 1 saturated heterocycles. The lowest BCUT2D eigenvalue weighted by Crippen LogP contribution is -2.40. The van der Waals surface area contributed by atoms with Gasteiger partial charge in [0.2, 0.25) is 0 Å². The predicted octanol–water partition coefficient (Wildman–Crippen LogP) is 1.34. The van der Waals surface area contributed by atoms with Crippen LogP contribution in [0.15, 0.2) is 24.9 Å². The number of likely N-dealkylation sites (tertiary alicyclic amines) is 1. The van der Waals surface area contributed by atoms with Gasteiger partial charge >= 0.3 is 5.97 Å². The van der Waals surface area contributed by atoms with Crippen molar-refractivity contribution in [3.63, 3.8) is 0 Å². The number of aromatic nitrogens is 4. The highest BCUT2D eigenvalue weighted by atomic mass is 35.5. The Hall–Kier alpha value is -2.48. The topological polar surface area (TPSA) is 90.2 Å². The van der Waals surface area contributed by atoms with E-state index in [9.17, 15) is 9.59 Å². The molecule has 1 fully saturated rings. The van der Waals surface area contributed by atoms with Gasteiger partial charge < -0.3 is 9.64 Å². The molecule has 0 radical (unpaired) electrons. The summed E-state index contributed by atoms with van der Waals surface area (Å²) in [5, 5.41) is 7.74. The lowest BCUT2D eigenvalue weighted by Gasteiger charge is -2.30. The molecule has 0 spiro atoms. The van der Waals surface area contributed by atoms with Gasteiger partial charge in [-0.25, -0.2) is 4.98 Å². The van der Waals surface area contributed by atoms with Gasteiger partial charge in [0, 0.05) is 19.3 Å². The third kappa shape index (κ3) is 3.23. The molecule has 1 aliphatic heterocycles. The number of methoxy groups -OCH3 is 1. The van der Waals surface area contributed by atoms with Crippen LogP contribution in [0.5, 0.6) is 0 Å². The first-order valence-corrected chi connectivity index (χ1v) is 7.85. The second kappa shape index (κ2) is 6.96. The Labute approximate surface area is 143 Å². The summed E-state index contributed by atoms with van der Waals surface area (Å²) < 4.78 is 6.32. The second-order valence-corrected chi connectivity index (χ2v) is 5.90. The Morgan fingerprint density at radius 2 is 1.92 bits per heavy atom. The number of carbonyl (C=O) groups excluding carboxylic acids is 2. The average molecular weight is 350 g/mol. The average Bonchev–Trinajstić information content (AvgIpc) is 3.14. The van der Waals surface area contributed by atoms with E-state index in [1.165, 1.54) is 26.0 Å². The SMILES string of the molecule is COC(=O)C1CCN(C(=O)c2cnc(-n3cnnc3)c(Cl)c2)CC1. The van der Waals surface area contributed by atoms with Gasteiger partial charge in [-0.05, 0) is 18.9 Å². The fourth-order valence-corrected chi connectivity index (χ4v) is 2.98. The van der Waals surface area contributed by atoms with Gasteiger partial charge in [0.1, 0.15) is 12.7 Å². The molecule has 9 heteroatoms. The molecule has 126 valence electrons. The first-order chi connectivity index (χ1) is 11.6. The molecular weight excluding hydrogens is 334 g/mol. The van der Waals surface area contributed by atoms with Crippen molar-refractivity contribution in [2.24, 2.45) is 5.92 Å². The van der Waals surface area contributed by atoms with E-state index in [-0.39, 0.29) is 17.8 Å². The Kier molecular flexibility index (Phi) is 4.75. The lowest BCUT2D eigenvalue weighted by molar-refractivity contribution is -0.146. The number of hydrogen-bond donors (Lipinski definition) is 0. The highest BCUT2D eigenvalue weighted by Crippen LogP contribution is 2.23. The van der Waals surface area contributed by atoms with Gasteiger partial charge in [0.05, 0.1) is 23.6 Å². The third-order valence-corrected chi connectivity index (χ3v) is 4.33. The number of carbonyl (C=O) groups is 2. The highest BCUT2D eigenvalue weighted by molar-refractivity contribution is 6.32. The summed E-state index contributed by atoms with van der Waals surface area (Å²) in [7, 11) is 1.38. The number of hydrogen-bond acceptors (Lipinski definition) is 6. The van der Waals surface area contributed by atoms with E-state index >= 15 is 0 Å². The minimum atomic E-state index is -0.217. The predicted molar refractivity (Wildman–Crippen MR) is 84.8 cm³/mol. The van der Waals surface area contributed by atoms with Crippen LogP contribution in [0, 0.1) is 5.92 Å². The van der Waals surface area contributed by atoms with Crippen molar-refractivity contribution in [2.45, 2.75) is 12.8 Å². The summed E-state index contributed by atoms with van der Waals surface area (Å²) in [6.45, 7) is 1.01. The number of rotatable bonds is 3. The van der Waals surface area contributed by atoms with Crippen LogP contribution in [0.2, 0.25) is 5.02 Å². The zero-order valence-corrected chi connectivity index (χ0v) is 13.8.